The van der Waals surface area contributed by atoms with Gasteiger partial charge in [-0.25, -0.2) is 0 Å². The summed E-state index contributed by atoms with van der Waals surface area (Å²) in [7, 11) is 0. The Balaban J connectivity index is 1.59. The molecule has 0 bridgehead atoms. The molecule has 0 aromatic heterocycles. The van der Waals surface area contributed by atoms with Crippen LogP contribution < -0.4 is 15.2 Å². The molecule has 0 saturated heterocycles. The van der Waals surface area contributed by atoms with E-state index in [0.29, 0.717) is 17.9 Å². The molecule has 0 fully saturated rings. The smallest absolute Gasteiger partial charge is 0.205 e. The molecule has 0 radical (unpaired) electrons. The van der Waals surface area contributed by atoms with Crippen molar-refractivity contribution in [2.24, 2.45) is 5.73 Å². The number of aromatic hydroxyl groups is 1. The Morgan fingerprint density at radius 3 is 2.48 bits per heavy atom. The Morgan fingerprint density at radius 1 is 1.07 bits per heavy atom. The molecule has 0 unspecified atom stereocenters. The maximum atomic E-state index is 9.74. The molecule has 1 aliphatic rings. The molecule has 1 atom stereocenters. The maximum Gasteiger partial charge on any atom is 0.205 e. The molecular weight excluding hydrogens is 432 g/mol. The third-order valence-corrected chi connectivity index (χ3v) is 5.26. The first-order valence-electron chi connectivity index (χ1n) is 8.93. The van der Waals surface area contributed by atoms with E-state index in [4.69, 9.17) is 15.2 Å². The highest BCUT2D eigenvalue weighted by Crippen LogP contribution is 2.43. The quantitative estimate of drug-likeness (QED) is 0.589. The Kier molecular flexibility index (Phi) is 5.15. The fourth-order valence-corrected chi connectivity index (χ4v) is 3.56. The van der Waals surface area contributed by atoms with E-state index in [1.165, 1.54) is 6.07 Å². The summed E-state index contributed by atoms with van der Waals surface area (Å²) in [6.07, 6.45) is 0. The number of fused-ring (bicyclic) bond motifs is 1. The number of ether oxygens (including phenoxy) is 2. The Labute approximate surface area is 176 Å². The van der Waals surface area contributed by atoms with Gasteiger partial charge in [-0.1, -0.05) is 46.3 Å². The van der Waals surface area contributed by atoms with Gasteiger partial charge in [-0.2, -0.15) is 5.26 Å². The second-order valence-corrected chi connectivity index (χ2v) is 7.55. The fourth-order valence-electron chi connectivity index (χ4n) is 3.29. The maximum absolute atomic E-state index is 9.74. The molecule has 1 heterocycles. The number of hydrogen-bond donors (Lipinski definition) is 2. The largest absolute Gasteiger partial charge is 0.508 e. The Morgan fingerprint density at radius 2 is 1.79 bits per heavy atom. The zero-order valence-electron chi connectivity index (χ0n) is 15.3. The zero-order valence-corrected chi connectivity index (χ0v) is 16.9. The molecule has 29 heavy (non-hydrogen) atoms. The predicted molar refractivity (Wildman–Crippen MR) is 112 cm³/mol. The third kappa shape index (κ3) is 3.91. The van der Waals surface area contributed by atoms with Crippen LogP contribution in [0.1, 0.15) is 22.6 Å². The monoisotopic (exact) mass is 448 g/mol. The van der Waals surface area contributed by atoms with Crippen LogP contribution >= 0.6 is 15.9 Å². The number of rotatable bonds is 4. The van der Waals surface area contributed by atoms with Gasteiger partial charge < -0.3 is 20.3 Å². The van der Waals surface area contributed by atoms with E-state index in [9.17, 15) is 10.4 Å². The summed E-state index contributed by atoms with van der Waals surface area (Å²) in [5.41, 5.74) is 9.03. The SMILES string of the molecule is N#CC1=C(N)Oc2cc(O)ccc2[C@@H]1c1ccc(OCc2ccc(Br)cc2)cc1. The number of hydrogen-bond acceptors (Lipinski definition) is 5. The minimum absolute atomic E-state index is 0.0474. The summed E-state index contributed by atoms with van der Waals surface area (Å²) in [5, 5.41) is 19.4. The van der Waals surface area contributed by atoms with Crippen molar-refractivity contribution in [1.29, 1.82) is 5.26 Å². The molecule has 4 rings (SSSR count). The number of nitrogens with two attached hydrogens (primary N) is 1. The van der Waals surface area contributed by atoms with Crippen LogP contribution in [0.4, 0.5) is 0 Å². The van der Waals surface area contributed by atoms with Crippen molar-refractivity contribution < 1.29 is 14.6 Å². The fraction of sp³-hybridized carbons (Fsp3) is 0.0870. The second kappa shape index (κ2) is 7.90. The number of phenolic OH excluding ortho intramolecular Hbond substituents is 1. The summed E-state index contributed by atoms with van der Waals surface area (Å²) in [6.45, 7) is 0.461. The number of nitriles is 1. The lowest BCUT2D eigenvalue weighted by Crippen LogP contribution is -2.20. The molecule has 0 spiro atoms. The van der Waals surface area contributed by atoms with E-state index < -0.39 is 0 Å². The summed E-state index contributed by atoms with van der Waals surface area (Å²) in [4.78, 5) is 0. The minimum Gasteiger partial charge on any atom is -0.508 e. The van der Waals surface area contributed by atoms with Gasteiger partial charge in [0.05, 0.1) is 5.92 Å². The van der Waals surface area contributed by atoms with Crippen molar-refractivity contribution in [1.82, 2.24) is 0 Å². The van der Waals surface area contributed by atoms with Crippen molar-refractivity contribution >= 4 is 15.9 Å². The summed E-state index contributed by atoms with van der Waals surface area (Å²) in [6, 6.07) is 22.5. The second-order valence-electron chi connectivity index (χ2n) is 6.63. The number of halogens is 1. The highest BCUT2D eigenvalue weighted by molar-refractivity contribution is 9.10. The van der Waals surface area contributed by atoms with E-state index in [1.807, 2.05) is 48.5 Å². The standard InChI is InChI=1S/C23H17BrN2O3/c24-16-5-1-14(2-6-16)13-28-18-8-3-15(4-9-18)22-19-10-7-17(27)11-21(19)29-23(26)20(22)12-25/h1-11,22,27H,13,26H2/t22-/m0/s1. The minimum atomic E-state index is -0.370. The van der Waals surface area contributed by atoms with Crippen LogP contribution in [-0.2, 0) is 6.61 Å². The predicted octanol–water partition coefficient (Wildman–Crippen LogP) is 4.95. The molecular formula is C23H17BrN2O3. The molecule has 0 saturated carbocycles. The van der Waals surface area contributed by atoms with Gasteiger partial charge in [0.15, 0.2) is 0 Å². The lowest BCUT2D eigenvalue weighted by Gasteiger charge is -2.26. The van der Waals surface area contributed by atoms with E-state index in [0.717, 1.165) is 26.9 Å². The molecule has 3 aromatic carbocycles. The van der Waals surface area contributed by atoms with Crippen LogP contribution in [0.15, 0.2) is 82.7 Å². The van der Waals surface area contributed by atoms with Crippen LogP contribution in [0.5, 0.6) is 17.2 Å². The van der Waals surface area contributed by atoms with Crippen LogP contribution in [0.3, 0.4) is 0 Å². The molecule has 6 heteroatoms. The normalized spacial score (nSPS) is 15.2. The van der Waals surface area contributed by atoms with Crippen molar-refractivity contribution in [3.05, 3.63) is 99.3 Å². The third-order valence-electron chi connectivity index (χ3n) is 4.73. The first-order valence-corrected chi connectivity index (χ1v) is 9.72. The van der Waals surface area contributed by atoms with Crippen molar-refractivity contribution in [2.45, 2.75) is 12.5 Å². The van der Waals surface area contributed by atoms with Gasteiger partial charge in [0.1, 0.15) is 35.5 Å². The van der Waals surface area contributed by atoms with Crippen LogP contribution in [0, 0.1) is 11.3 Å². The zero-order chi connectivity index (χ0) is 20.4. The van der Waals surface area contributed by atoms with E-state index in [1.54, 1.807) is 12.1 Å². The van der Waals surface area contributed by atoms with Gasteiger partial charge in [0.2, 0.25) is 5.88 Å². The molecule has 0 amide bonds. The molecule has 1 aliphatic heterocycles. The topological polar surface area (TPSA) is 88.5 Å². The molecule has 5 nitrogen and oxygen atoms in total. The van der Waals surface area contributed by atoms with E-state index in [-0.39, 0.29) is 17.6 Å². The van der Waals surface area contributed by atoms with Gasteiger partial charge in [-0.3, -0.25) is 0 Å². The highest BCUT2D eigenvalue weighted by atomic mass is 79.9. The molecule has 3 aromatic rings. The van der Waals surface area contributed by atoms with Crippen LogP contribution in [0.2, 0.25) is 0 Å². The average Bonchev–Trinajstić information content (AvgIpc) is 2.72. The first-order chi connectivity index (χ1) is 14.0. The van der Waals surface area contributed by atoms with E-state index in [2.05, 4.69) is 22.0 Å². The van der Waals surface area contributed by atoms with Crippen molar-refractivity contribution in [2.75, 3.05) is 0 Å². The molecule has 144 valence electrons. The summed E-state index contributed by atoms with van der Waals surface area (Å²) in [5.74, 6) is 0.926. The number of phenols is 1. The van der Waals surface area contributed by atoms with Crippen LogP contribution in [0.25, 0.3) is 0 Å². The van der Waals surface area contributed by atoms with Gasteiger partial charge in [0.25, 0.3) is 0 Å². The van der Waals surface area contributed by atoms with Crippen molar-refractivity contribution in [3.63, 3.8) is 0 Å². The van der Waals surface area contributed by atoms with Crippen molar-refractivity contribution in [3.8, 4) is 23.3 Å². The number of allylic oxidation sites excluding steroid dienone is 1. The van der Waals surface area contributed by atoms with E-state index >= 15 is 0 Å². The first kappa shape index (κ1) is 18.9. The van der Waals surface area contributed by atoms with Crippen LogP contribution in [-0.4, -0.2) is 5.11 Å². The van der Waals surface area contributed by atoms with Gasteiger partial charge in [0, 0.05) is 16.1 Å². The number of nitrogens with zero attached hydrogens (tertiary/aromatic N) is 1. The summed E-state index contributed by atoms with van der Waals surface area (Å²) < 4.78 is 12.4. The van der Waals surface area contributed by atoms with Gasteiger partial charge in [-0.15, -0.1) is 0 Å². The lowest BCUT2D eigenvalue weighted by molar-refractivity contribution is 0.306. The van der Waals surface area contributed by atoms with Gasteiger partial charge in [-0.05, 0) is 41.5 Å². The molecule has 3 N–H and O–H groups in total. The highest BCUT2D eigenvalue weighted by Gasteiger charge is 2.30. The molecule has 0 aliphatic carbocycles. The Bertz CT molecular complexity index is 1120. The lowest BCUT2D eigenvalue weighted by atomic mass is 9.83. The average molecular weight is 449 g/mol. The summed E-state index contributed by atoms with van der Waals surface area (Å²) >= 11 is 3.42. The van der Waals surface area contributed by atoms with Gasteiger partial charge >= 0.3 is 0 Å². The Hall–Kier alpha value is -3.43. The number of benzene rings is 3.